The summed E-state index contributed by atoms with van der Waals surface area (Å²) in [6, 6.07) is 2.44. The Morgan fingerprint density at radius 3 is 1.88 bits per heavy atom. The zero-order chi connectivity index (χ0) is 18.1. The Labute approximate surface area is 156 Å². The number of rotatable bonds is 13. The molecule has 0 amide bonds. The first kappa shape index (κ1) is 21.7. The van der Waals surface area contributed by atoms with E-state index in [1.54, 1.807) is 10.4 Å². The average molecular weight is 351 g/mol. The van der Waals surface area contributed by atoms with Gasteiger partial charge < -0.3 is 0 Å². The van der Waals surface area contributed by atoms with E-state index < -0.39 is 0 Å². The van der Waals surface area contributed by atoms with Crippen molar-refractivity contribution < 1.29 is 0 Å². The van der Waals surface area contributed by atoms with Crippen molar-refractivity contribution in [3.8, 4) is 0 Å². The number of hydrogen-bond acceptors (Lipinski definition) is 1. The van der Waals surface area contributed by atoms with Gasteiger partial charge in [-0.3, -0.25) is 0 Å². The van der Waals surface area contributed by atoms with Gasteiger partial charge in [0.1, 0.15) is 0 Å². The van der Waals surface area contributed by atoms with Crippen LogP contribution in [0.3, 0.4) is 0 Å². The first-order valence-electron chi connectivity index (χ1n) is 10.5. The molecule has 0 aliphatic rings. The van der Waals surface area contributed by atoms with Crippen LogP contribution in [0.25, 0.3) is 0 Å². The summed E-state index contributed by atoms with van der Waals surface area (Å²) in [6.07, 6.45) is 14.8. The largest absolute Gasteiger partial charge is 0.148 e. The molecule has 0 nitrogen and oxygen atoms in total. The first-order chi connectivity index (χ1) is 11.4. The number of thiophene rings is 1. The highest BCUT2D eigenvalue weighted by Crippen LogP contribution is 2.45. The van der Waals surface area contributed by atoms with Gasteiger partial charge in [0.15, 0.2) is 0 Å². The quantitative estimate of drug-likeness (QED) is 0.312. The average Bonchev–Trinajstić information content (AvgIpc) is 3.06. The smallest absolute Gasteiger partial charge is 0.0142 e. The molecule has 0 N–H and O–H groups in total. The zero-order valence-electron chi connectivity index (χ0n) is 17.3. The van der Waals surface area contributed by atoms with Crippen LogP contribution in [0.2, 0.25) is 0 Å². The van der Waals surface area contributed by atoms with Crippen LogP contribution in [0.1, 0.15) is 123 Å². The van der Waals surface area contributed by atoms with Crippen molar-refractivity contribution in [3.63, 3.8) is 0 Å². The summed E-state index contributed by atoms with van der Waals surface area (Å²) in [6.45, 7) is 14.4. The van der Waals surface area contributed by atoms with E-state index in [2.05, 4.69) is 53.0 Å². The molecular formula is C23H42S. The fourth-order valence-electron chi connectivity index (χ4n) is 3.92. The summed E-state index contributed by atoms with van der Waals surface area (Å²) in [5.74, 6) is 0. The Hall–Kier alpha value is -0.300. The van der Waals surface area contributed by atoms with Gasteiger partial charge in [-0.15, -0.1) is 11.3 Å². The first-order valence-corrected chi connectivity index (χ1v) is 11.4. The van der Waals surface area contributed by atoms with E-state index in [0.29, 0.717) is 10.8 Å². The Morgan fingerprint density at radius 1 is 0.750 bits per heavy atom. The van der Waals surface area contributed by atoms with Gasteiger partial charge in [-0.2, -0.15) is 0 Å². The summed E-state index contributed by atoms with van der Waals surface area (Å²) in [5, 5.41) is 2.36. The SMILES string of the molecule is CCCCCCC(C)(C)c1ccsc1C(C)(CCCC)CCCC. The molecule has 0 unspecified atom stereocenters. The Morgan fingerprint density at radius 2 is 1.33 bits per heavy atom. The molecule has 140 valence electrons. The van der Waals surface area contributed by atoms with Gasteiger partial charge in [0.05, 0.1) is 0 Å². The minimum absolute atomic E-state index is 0.322. The van der Waals surface area contributed by atoms with Crippen molar-refractivity contribution in [3.05, 3.63) is 21.9 Å². The van der Waals surface area contributed by atoms with Gasteiger partial charge in [0, 0.05) is 10.3 Å². The molecule has 0 atom stereocenters. The van der Waals surface area contributed by atoms with E-state index in [-0.39, 0.29) is 0 Å². The highest BCUT2D eigenvalue weighted by Gasteiger charge is 2.34. The summed E-state index contributed by atoms with van der Waals surface area (Å²) >= 11 is 2.03. The fraction of sp³-hybridized carbons (Fsp3) is 0.826. The molecule has 1 aromatic heterocycles. The predicted octanol–water partition coefficient (Wildman–Crippen LogP) is 8.63. The molecule has 24 heavy (non-hydrogen) atoms. The van der Waals surface area contributed by atoms with E-state index in [4.69, 9.17) is 0 Å². The van der Waals surface area contributed by atoms with Crippen molar-refractivity contribution >= 4 is 11.3 Å². The third kappa shape index (κ3) is 6.21. The molecule has 0 radical (unpaired) electrons. The molecule has 0 fully saturated rings. The second-order valence-corrected chi connectivity index (χ2v) is 9.54. The van der Waals surface area contributed by atoms with Gasteiger partial charge >= 0.3 is 0 Å². The van der Waals surface area contributed by atoms with Crippen molar-refractivity contribution in [2.24, 2.45) is 0 Å². The fourth-order valence-corrected chi connectivity index (χ4v) is 5.22. The van der Waals surface area contributed by atoms with E-state index >= 15 is 0 Å². The maximum atomic E-state index is 2.54. The standard InChI is InChI=1S/C23H42S/c1-7-10-13-14-16-22(4,5)20-15-19-24-21(20)23(6,17-11-8-2)18-12-9-3/h15,19H,7-14,16-18H2,1-6H3. The molecule has 1 rings (SSSR count). The Balaban J connectivity index is 2.96. The molecule has 0 aliphatic carbocycles. The van der Waals surface area contributed by atoms with Crippen molar-refractivity contribution in [1.29, 1.82) is 0 Å². The third-order valence-electron chi connectivity index (χ3n) is 5.76. The van der Waals surface area contributed by atoms with E-state index in [1.165, 1.54) is 70.6 Å². The van der Waals surface area contributed by atoms with Crippen LogP contribution < -0.4 is 0 Å². The van der Waals surface area contributed by atoms with E-state index in [1.807, 2.05) is 11.3 Å². The summed E-state index contributed by atoms with van der Waals surface area (Å²) < 4.78 is 0. The molecule has 1 heteroatoms. The van der Waals surface area contributed by atoms with Gasteiger partial charge in [-0.05, 0) is 41.7 Å². The van der Waals surface area contributed by atoms with Crippen LogP contribution in [-0.2, 0) is 10.8 Å². The van der Waals surface area contributed by atoms with Crippen LogP contribution in [0.4, 0.5) is 0 Å². The Bertz CT molecular complexity index is 433. The zero-order valence-corrected chi connectivity index (χ0v) is 18.2. The predicted molar refractivity (Wildman–Crippen MR) is 113 cm³/mol. The number of hydrogen-bond donors (Lipinski definition) is 0. The molecule has 0 aromatic carbocycles. The van der Waals surface area contributed by atoms with Crippen molar-refractivity contribution in [1.82, 2.24) is 0 Å². The highest BCUT2D eigenvalue weighted by atomic mass is 32.1. The molecule has 0 aliphatic heterocycles. The van der Waals surface area contributed by atoms with Crippen molar-refractivity contribution in [2.75, 3.05) is 0 Å². The maximum absolute atomic E-state index is 2.54. The summed E-state index contributed by atoms with van der Waals surface area (Å²) in [5.41, 5.74) is 2.36. The van der Waals surface area contributed by atoms with Crippen LogP contribution >= 0.6 is 11.3 Å². The molecule has 0 spiro atoms. The normalized spacial score (nSPS) is 12.8. The van der Waals surface area contributed by atoms with Gasteiger partial charge in [-0.25, -0.2) is 0 Å². The molecule has 0 saturated carbocycles. The second-order valence-electron chi connectivity index (χ2n) is 8.63. The van der Waals surface area contributed by atoms with Gasteiger partial charge in [0.25, 0.3) is 0 Å². The lowest BCUT2D eigenvalue weighted by Crippen LogP contribution is -2.27. The van der Waals surface area contributed by atoms with Crippen LogP contribution in [-0.4, -0.2) is 0 Å². The van der Waals surface area contributed by atoms with E-state index in [9.17, 15) is 0 Å². The second kappa shape index (κ2) is 10.6. The van der Waals surface area contributed by atoms with E-state index in [0.717, 1.165) is 0 Å². The minimum atomic E-state index is 0.322. The maximum Gasteiger partial charge on any atom is 0.0142 e. The molecule has 1 heterocycles. The number of unbranched alkanes of at least 4 members (excludes halogenated alkanes) is 5. The lowest BCUT2D eigenvalue weighted by molar-refractivity contribution is 0.366. The van der Waals surface area contributed by atoms with Crippen LogP contribution in [0, 0.1) is 0 Å². The molecule has 0 bridgehead atoms. The van der Waals surface area contributed by atoms with Gasteiger partial charge in [0.2, 0.25) is 0 Å². The van der Waals surface area contributed by atoms with Crippen molar-refractivity contribution in [2.45, 2.75) is 123 Å². The summed E-state index contributed by atoms with van der Waals surface area (Å²) in [4.78, 5) is 1.70. The third-order valence-corrected chi connectivity index (χ3v) is 6.98. The lowest BCUT2D eigenvalue weighted by atomic mass is 9.72. The van der Waals surface area contributed by atoms with Crippen LogP contribution in [0.15, 0.2) is 11.4 Å². The monoisotopic (exact) mass is 350 g/mol. The molecule has 1 aromatic rings. The van der Waals surface area contributed by atoms with Crippen LogP contribution in [0.5, 0.6) is 0 Å². The molecule has 0 saturated heterocycles. The minimum Gasteiger partial charge on any atom is -0.148 e. The molecular weight excluding hydrogens is 308 g/mol. The topological polar surface area (TPSA) is 0 Å². The Kier molecular flexibility index (Phi) is 9.64. The lowest BCUT2D eigenvalue weighted by Gasteiger charge is -2.35. The summed E-state index contributed by atoms with van der Waals surface area (Å²) in [7, 11) is 0. The van der Waals surface area contributed by atoms with Gasteiger partial charge in [-0.1, -0.05) is 92.9 Å². The highest BCUT2D eigenvalue weighted by molar-refractivity contribution is 7.10.